The van der Waals surface area contributed by atoms with Crippen molar-refractivity contribution >= 4 is 11.3 Å². The van der Waals surface area contributed by atoms with Crippen LogP contribution in [0.25, 0.3) is 0 Å². The largest absolute Gasteiger partial charge is 0.322 e. The van der Waals surface area contributed by atoms with E-state index in [2.05, 4.69) is 25.8 Å². The lowest BCUT2D eigenvalue weighted by atomic mass is 9.81. The number of rotatable bonds is 3. The maximum absolute atomic E-state index is 6.07. The van der Waals surface area contributed by atoms with Gasteiger partial charge < -0.3 is 5.73 Å². The standard InChI is InChI=1S/C9H16N2S/c1-4-9(2,3)8(10)7-5-12-6-11-7/h5-6,8H,4,10H2,1-3H3. The van der Waals surface area contributed by atoms with Crippen molar-refractivity contribution in [2.45, 2.75) is 33.2 Å². The van der Waals surface area contributed by atoms with Crippen LogP contribution in [0, 0.1) is 5.41 Å². The van der Waals surface area contributed by atoms with Crippen molar-refractivity contribution in [2.24, 2.45) is 11.1 Å². The molecule has 12 heavy (non-hydrogen) atoms. The molecule has 2 nitrogen and oxygen atoms in total. The highest BCUT2D eigenvalue weighted by Gasteiger charge is 2.26. The van der Waals surface area contributed by atoms with Gasteiger partial charge in [0.05, 0.1) is 17.2 Å². The topological polar surface area (TPSA) is 38.9 Å². The average Bonchev–Trinajstić information content (AvgIpc) is 2.55. The van der Waals surface area contributed by atoms with Gasteiger partial charge in [-0.3, -0.25) is 0 Å². The highest BCUT2D eigenvalue weighted by Crippen LogP contribution is 2.33. The summed E-state index contributed by atoms with van der Waals surface area (Å²) >= 11 is 1.60. The Labute approximate surface area is 77.8 Å². The van der Waals surface area contributed by atoms with Crippen LogP contribution in [0.2, 0.25) is 0 Å². The third-order valence-corrected chi connectivity index (χ3v) is 3.13. The lowest BCUT2D eigenvalue weighted by molar-refractivity contribution is 0.274. The Morgan fingerprint density at radius 2 is 2.33 bits per heavy atom. The maximum atomic E-state index is 6.07. The van der Waals surface area contributed by atoms with E-state index in [0.717, 1.165) is 12.1 Å². The minimum absolute atomic E-state index is 0.0637. The molecule has 2 N–H and O–H groups in total. The summed E-state index contributed by atoms with van der Waals surface area (Å²) in [4.78, 5) is 4.22. The number of nitrogens with two attached hydrogens (primary N) is 1. The van der Waals surface area contributed by atoms with Crippen molar-refractivity contribution < 1.29 is 0 Å². The Morgan fingerprint density at radius 1 is 1.67 bits per heavy atom. The van der Waals surface area contributed by atoms with Crippen LogP contribution < -0.4 is 5.73 Å². The SMILES string of the molecule is CCC(C)(C)C(N)c1cscn1. The molecule has 0 saturated heterocycles. The molecule has 0 amide bonds. The minimum Gasteiger partial charge on any atom is -0.322 e. The van der Waals surface area contributed by atoms with Crippen LogP contribution >= 0.6 is 11.3 Å². The molecule has 1 aromatic heterocycles. The van der Waals surface area contributed by atoms with Crippen molar-refractivity contribution in [3.8, 4) is 0 Å². The van der Waals surface area contributed by atoms with E-state index in [0.29, 0.717) is 0 Å². The fourth-order valence-electron chi connectivity index (χ4n) is 0.996. The van der Waals surface area contributed by atoms with Gasteiger partial charge in [0.25, 0.3) is 0 Å². The maximum Gasteiger partial charge on any atom is 0.0795 e. The fourth-order valence-corrected chi connectivity index (χ4v) is 1.59. The molecule has 0 aliphatic carbocycles. The summed E-state index contributed by atoms with van der Waals surface area (Å²) < 4.78 is 0. The van der Waals surface area contributed by atoms with Crippen molar-refractivity contribution in [2.75, 3.05) is 0 Å². The zero-order valence-electron chi connectivity index (χ0n) is 7.87. The average molecular weight is 184 g/mol. The van der Waals surface area contributed by atoms with Gasteiger partial charge in [-0.2, -0.15) is 0 Å². The number of hydrogen-bond acceptors (Lipinski definition) is 3. The second kappa shape index (κ2) is 3.54. The van der Waals surface area contributed by atoms with Gasteiger partial charge in [-0.1, -0.05) is 20.8 Å². The molecule has 3 heteroatoms. The van der Waals surface area contributed by atoms with Crippen LogP contribution in [0.3, 0.4) is 0 Å². The van der Waals surface area contributed by atoms with Gasteiger partial charge >= 0.3 is 0 Å². The molecule has 0 aliphatic rings. The van der Waals surface area contributed by atoms with E-state index in [1.807, 2.05) is 10.9 Å². The highest BCUT2D eigenvalue weighted by atomic mass is 32.1. The zero-order valence-corrected chi connectivity index (χ0v) is 8.69. The molecule has 0 spiro atoms. The Kier molecular flexibility index (Phi) is 2.85. The Morgan fingerprint density at radius 3 is 2.75 bits per heavy atom. The third kappa shape index (κ3) is 1.84. The van der Waals surface area contributed by atoms with E-state index in [9.17, 15) is 0 Å². The van der Waals surface area contributed by atoms with Gasteiger partial charge in [0.2, 0.25) is 0 Å². The summed E-state index contributed by atoms with van der Waals surface area (Å²) in [6, 6.07) is 0.0637. The number of hydrogen-bond donors (Lipinski definition) is 1. The lowest BCUT2D eigenvalue weighted by Gasteiger charge is -2.28. The molecule has 1 unspecified atom stereocenters. The fraction of sp³-hybridized carbons (Fsp3) is 0.667. The van der Waals surface area contributed by atoms with Crippen LogP contribution in [0.15, 0.2) is 10.9 Å². The molecule has 1 atom stereocenters. The number of nitrogens with zero attached hydrogens (tertiary/aromatic N) is 1. The molecule has 0 saturated carbocycles. The molecular formula is C9H16N2S. The molecule has 1 heterocycles. The molecule has 68 valence electrons. The molecule has 1 rings (SSSR count). The van der Waals surface area contributed by atoms with Crippen LogP contribution in [-0.2, 0) is 0 Å². The minimum atomic E-state index is 0.0637. The van der Waals surface area contributed by atoms with Crippen molar-refractivity contribution in [3.05, 3.63) is 16.6 Å². The van der Waals surface area contributed by atoms with E-state index in [1.54, 1.807) is 11.3 Å². The predicted molar refractivity (Wildman–Crippen MR) is 53.1 cm³/mol. The Hall–Kier alpha value is -0.410. The zero-order chi connectivity index (χ0) is 9.19. The first-order valence-electron chi connectivity index (χ1n) is 4.21. The van der Waals surface area contributed by atoms with Gasteiger partial charge in [0, 0.05) is 5.38 Å². The number of thiazole rings is 1. The van der Waals surface area contributed by atoms with E-state index in [1.165, 1.54) is 0 Å². The summed E-state index contributed by atoms with van der Waals surface area (Å²) in [6.45, 7) is 6.51. The normalized spacial score (nSPS) is 14.7. The van der Waals surface area contributed by atoms with Crippen molar-refractivity contribution in [1.82, 2.24) is 4.98 Å². The smallest absolute Gasteiger partial charge is 0.0795 e. The van der Waals surface area contributed by atoms with Gasteiger partial charge in [-0.25, -0.2) is 4.98 Å². The van der Waals surface area contributed by atoms with Gasteiger partial charge in [-0.15, -0.1) is 11.3 Å². The quantitative estimate of drug-likeness (QED) is 0.784. The molecule has 0 bridgehead atoms. The number of aromatic nitrogens is 1. The summed E-state index contributed by atoms with van der Waals surface area (Å²) in [5.74, 6) is 0. The van der Waals surface area contributed by atoms with Crippen molar-refractivity contribution in [3.63, 3.8) is 0 Å². The Bertz CT molecular complexity index is 229. The summed E-state index contributed by atoms with van der Waals surface area (Å²) in [5, 5.41) is 2.03. The first-order valence-corrected chi connectivity index (χ1v) is 5.16. The molecule has 0 fully saturated rings. The molecule has 0 aromatic carbocycles. The lowest BCUT2D eigenvalue weighted by Crippen LogP contribution is -2.28. The second-order valence-electron chi connectivity index (χ2n) is 3.73. The summed E-state index contributed by atoms with van der Waals surface area (Å²) in [6.07, 6.45) is 1.08. The molecule has 1 aromatic rings. The predicted octanol–water partition coefficient (Wildman–Crippen LogP) is 2.58. The van der Waals surface area contributed by atoms with E-state index < -0.39 is 0 Å². The first kappa shape index (κ1) is 9.68. The molecule has 0 aliphatic heterocycles. The molecular weight excluding hydrogens is 168 g/mol. The van der Waals surface area contributed by atoms with Crippen LogP contribution in [0.1, 0.15) is 38.9 Å². The molecule has 0 radical (unpaired) electrons. The van der Waals surface area contributed by atoms with Crippen LogP contribution in [0.4, 0.5) is 0 Å². The van der Waals surface area contributed by atoms with Crippen LogP contribution in [-0.4, -0.2) is 4.98 Å². The second-order valence-corrected chi connectivity index (χ2v) is 4.45. The van der Waals surface area contributed by atoms with Gasteiger partial charge in [0.15, 0.2) is 0 Å². The van der Waals surface area contributed by atoms with Crippen molar-refractivity contribution in [1.29, 1.82) is 0 Å². The van der Waals surface area contributed by atoms with Gasteiger partial charge in [-0.05, 0) is 11.8 Å². The van der Waals surface area contributed by atoms with E-state index in [-0.39, 0.29) is 11.5 Å². The van der Waals surface area contributed by atoms with Crippen LogP contribution in [0.5, 0.6) is 0 Å². The monoisotopic (exact) mass is 184 g/mol. The summed E-state index contributed by atoms with van der Waals surface area (Å²) in [5.41, 5.74) is 9.07. The first-order chi connectivity index (χ1) is 5.58. The highest BCUT2D eigenvalue weighted by molar-refractivity contribution is 7.07. The van der Waals surface area contributed by atoms with E-state index >= 15 is 0 Å². The Balaban J connectivity index is 2.78. The van der Waals surface area contributed by atoms with Gasteiger partial charge in [0.1, 0.15) is 0 Å². The summed E-state index contributed by atoms with van der Waals surface area (Å²) in [7, 11) is 0. The third-order valence-electron chi connectivity index (χ3n) is 2.52. The van der Waals surface area contributed by atoms with E-state index in [4.69, 9.17) is 5.73 Å².